The summed E-state index contributed by atoms with van der Waals surface area (Å²) in [6.07, 6.45) is 5.76. The molecule has 0 saturated carbocycles. The van der Waals surface area contributed by atoms with E-state index in [1.54, 1.807) is 11.8 Å². The molecule has 0 amide bonds. The van der Waals surface area contributed by atoms with Crippen LogP contribution < -0.4 is 0 Å². The first-order valence-corrected chi connectivity index (χ1v) is 7.54. The number of nitrogens with zero attached hydrogens (tertiary/aromatic N) is 1. The number of likely N-dealkylation sites (tertiary alicyclic amines) is 1. The summed E-state index contributed by atoms with van der Waals surface area (Å²) in [4.78, 5) is 3.73. The number of aliphatic hydroxyl groups excluding tert-OH is 1. The van der Waals surface area contributed by atoms with Crippen LogP contribution in [0.4, 0.5) is 0 Å². The van der Waals surface area contributed by atoms with Crippen LogP contribution in [0.1, 0.15) is 24.8 Å². The Balaban J connectivity index is 1.98. The van der Waals surface area contributed by atoms with Crippen molar-refractivity contribution in [2.24, 2.45) is 0 Å². The fraction of sp³-hybridized carbons (Fsp3) is 0.571. The summed E-state index contributed by atoms with van der Waals surface area (Å²) in [5, 5.41) is 9.38. The second-order valence-electron chi connectivity index (χ2n) is 4.65. The second kappa shape index (κ2) is 6.43. The molecular weight excluding hydrogens is 230 g/mol. The molecule has 17 heavy (non-hydrogen) atoms. The third kappa shape index (κ3) is 3.47. The minimum absolute atomic E-state index is 0.295. The molecule has 0 unspecified atom stereocenters. The number of hydrogen-bond donors (Lipinski definition) is 1. The van der Waals surface area contributed by atoms with Gasteiger partial charge in [0, 0.05) is 17.5 Å². The maximum Gasteiger partial charge on any atom is 0.0586 e. The Labute approximate surface area is 108 Å². The first-order chi connectivity index (χ1) is 8.33. The lowest BCUT2D eigenvalue weighted by Crippen LogP contribution is -2.41. The largest absolute Gasteiger partial charge is 0.395 e. The zero-order valence-electron chi connectivity index (χ0n) is 10.4. The van der Waals surface area contributed by atoms with Crippen molar-refractivity contribution in [3.05, 3.63) is 29.8 Å². The van der Waals surface area contributed by atoms with Crippen LogP contribution in [0.25, 0.3) is 0 Å². The maximum atomic E-state index is 9.38. The molecule has 1 aromatic rings. The fourth-order valence-electron chi connectivity index (χ4n) is 2.44. The molecule has 1 aromatic carbocycles. The van der Waals surface area contributed by atoms with Crippen LogP contribution in [-0.2, 0) is 6.54 Å². The number of aliphatic hydroxyl groups is 1. The molecule has 0 aromatic heterocycles. The van der Waals surface area contributed by atoms with E-state index in [0.717, 1.165) is 19.5 Å². The Hall–Kier alpha value is -0.510. The zero-order chi connectivity index (χ0) is 12.1. The summed E-state index contributed by atoms with van der Waals surface area (Å²) in [5.41, 5.74) is 1.35. The number of hydrogen-bond acceptors (Lipinski definition) is 3. The summed E-state index contributed by atoms with van der Waals surface area (Å²) in [6.45, 7) is 2.39. The van der Waals surface area contributed by atoms with Gasteiger partial charge in [0.25, 0.3) is 0 Å². The fourth-order valence-corrected chi connectivity index (χ4v) is 2.85. The molecule has 1 atom stereocenters. The van der Waals surface area contributed by atoms with Crippen LogP contribution in [0.2, 0.25) is 0 Å². The molecular formula is C14H21NOS. The molecule has 0 radical (unpaired) electrons. The van der Waals surface area contributed by atoms with E-state index in [0.29, 0.717) is 12.6 Å². The van der Waals surface area contributed by atoms with Crippen LogP contribution in [0.5, 0.6) is 0 Å². The highest BCUT2D eigenvalue weighted by Crippen LogP contribution is 2.21. The quantitative estimate of drug-likeness (QED) is 0.832. The Kier molecular flexibility index (Phi) is 4.89. The first kappa shape index (κ1) is 12.9. The smallest absolute Gasteiger partial charge is 0.0586 e. The number of piperidine rings is 1. The van der Waals surface area contributed by atoms with Crippen LogP contribution in [0.3, 0.4) is 0 Å². The van der Waals surface area contributed by atoms with E-state index < -0.39 is 0 Å². The van der Waals surface area contributed by atoms with Gasteiger partial charge < -0.3 is 5.11 Å². The van der Waals surface area contributed by atoms with E-state index in [1.807, 2.05) is 0 Å². The van der Waals surface area contributed by atoms with Crippen molar-refractivity contribution in [1.29, 1.82) is 0 Å². The lowest BCUT2D eigenvalue weighted by Gasteiger charge is -2.34. The molecule has 2 nitrogen and oxygen atoms in total. The molecule has 1 aliphatic rings. The molecule has 1 N–H and O–H groups in total. The molecule has 3 heteroatoms. The van der Waals surface area contributed by atoms with Crippen molar-refractivity contribution in [3.8, 4) is 0 Å². The van der Waals surface area contributed by atoms with Gasteiger partial charge in [-0.05, 0) is 43.3 Å². The lowest BCUT2D eigenvalue weighted by molar-refractivity contribution is 0.0841. The second-order valence-corrected chi connectivity index (χ2v) is 5.53. The highest BCUT2D eigenvalue weighted by molar-refractivity contribution is 7.98. The van der Waals surface area contributed by atoms with Crippen LogP contribution in [-0.4, -0.2) is 35.5 Å². The average molecular weight is 251 g/mol. The Bertz CT molecular complexity index is 339. The third-order valence-electron chi connectivity index (χ3n) is 3.50. The van der Waals surface area contributed by atoms with Crippen molar-refractivity contribution >= 4 is 11.8 Å². The number of benzene rings is 1. The van der Waals surface area contributed by atoms with Crippen molar-refractivity contribution in [2.45, 2.75) is 36.7 Å². The topological polar surface area (TPSA) is 23.5 Å². The van der Waals surface area contributed by atoms with Crippen molar-refractivity contribution in [2.75, 3.05) is 19.4 Å². The standard InChI is InChI=1S/C14H21NOS/c1-17-14-7-5-12(6-8-14)10-15-9-3-2-4-13(15)11-16/h5-8,13,16H,2-4,9-11H2,1H3/t13-/m0/s1. The van der Waals surface area contributed by atoms with E-state index in [2.05, 4.69) is 35.4 Å². The minimum atomic E-state index is 0.295. The molecule has 2 rings (SSSR count). The van der Waals surface area contributed by atoms with E-state index in [4.69, 9.17) is 0 Å². The Morgan fingerprint density at radius 1 is 1.29 bits per heavy atom. The van der Waals surface area contributed by atoms with E-state index in [9.17, 15) is 5.11 Å². The summed E-state index contributed by atoms with van der Waals surface area (Å²) in [6, 6.07) is 9.13. The normalized spacial score (nSPS) is 21.6. The van der Waals surface area contributed by atoms with Crippen molar-refractivity contribution in [1.82, 2.24) is 4.90 Å². The maximum absolute atomic E-state index is 9.38. The molecule has 0 bridgehead atoms. The lowest BCUT2D eigenvalue weighted by atomic mass is 10.0. The molecule has 0 spiro atoms. The van der Waals surface area contributed by atoms with Gasteiger partial charge in [0.2, 0.25) is 0 Å². The molecule has 1 aliphatic heterocycles. The summed E-state index contributed by atoms with van der Waals surface area (Å²) in [5.74, 6) is 0. The van der Waals surface area contributed by atoms with Crippen LogP contribution >= 0.6 is 11.8 Å². The van der Waals surface area contributed by atoms with Gasteiger partial charge in [-0.15, -0.1) is 11.8 Å². The van der Waals surface area contributed by atoms with Gasteiger partial charge in [0.1, 0.15) is 0 Å². The zero-order valence-corrected chi connectivity index (χ0v) is 11.2. The molecule has 1 fully saturated rings. The predicted molar refractivity (Wildman–Crippen MR) is 73.4 cm³/mol. The molecule has 1 heterocycles. The van der Waals surface area contributed by atoms with Crippen LogP contribution in [0, 0.1) is 0 Å². The van der Waals surface area contributed by atoms with E-state index in [1.165, 1.54) is 23.3 Å². The monoisotopic (exact) mass is 251 g/mol. The minimum Gasteiger partial charge on any atom is -0.395 e. The van der Waals surface area contributed by atoms with Gasteiger partial charge in [-0.1, -0.05) is 18.6 Å². The van der Waals surface area contributed by atoms with Gasteiger partial charge in [-0.25, -0.2) is 0 Å². The Morgan fingerprint density at radius 3 is 2.71 bits per heavy atom. The Morgan fingerprint density at radius 2 is 2.06 bits per heavy atom. The number of rotatable bonds is 4. The average Bonchev–Trinajstić information content (AvgIpc) is 2.40. The van der Waals surface area contributed by atoms with Gasteiger partial charge in [0.15, 0.2) is 0 Å². The van der Waals surface area contributed by atoms with Gasteiger partial charge in [0.05, 0.1) is 6.61 Å². The van der Waals surface area contributed by atoms with E-state index in [-0.39, 0.29) is 0 Å². The van der Waals surface area contributed by atoms with E-state index >= 15 is 0 Å². The SMILES string of the molecule is CSc1ccc(CN2CCCC[C@H]2CO)cc1. The summed E-state index contributed by atoms with van der Waals surface area (Å²) >= 11 is 1.78. The highest BCUT2D eigenvalue weighted by Gasteiger charge is 2.21. The van der Waals surface area contributed by atoms with Gasteiger partial charge >= 0.3 is 0 Å². The van der Waals surface area contributed by atoms with Crippen molar-refractivity contribution < 1.29 is 5.11 Å². The first-order valence-electron chi connectivity index (χ1n) is 6.31. The third-order valence-corrected chi connectivity index (χ3v) is 4.25. The van der Waals surface area contributed by atoms with Crippen molar-refractivity contribution in [3.63, 3.8) is 0 Å². The van der Waals surface area contributed by atoms with Gasteiger partial charge in [-0.2, -0.15) is 0 Å². The highest BCUT2D eigenvalue weighted by atomic mass is 32.2. The predicted octanol–water partition coefficient (Wildman–Crippen LogP) is 2.76. The summed E-state index contributed by atoms with van der Waals surface area (Å²) < 4.78 is 0. The van der Waals surface area contributed by atoms with Gasteiger partial charge in [-0.3, -0.25) is 4.90 Å². The molecule has 1 saturated heterocycles. The molecule has 94 valence electrons. The molecule has 0 aliphatic carbocycles. The number of thioether (sulfide) groups is 1. The summed E-state index contributed by atoms with van der Waals surface area (Å²) in [7, 11) is 0. The van der Waals surface area contributed by atoms with Crippen LogP contribution in [0.15, 0.2) is 29.2 Å².